The molecule has 0 unspecified atom stereocenters. The number of benzene rings is 1. The van der Waals surface area contributed by atoms with Crippen molar-refractivity contribution < 1.29 is 62.2 Å². The molecule has 0 N–H and O–H groups in total. The van der Waals surface area contributed by atoms with Gasteiger partial charge in [0.1, 0.15) is 0 Å². The molecule has 206 valence electrons. The van der Waals surface area contributed by atoms with E-state index in [4.69, 9.17) is 0 Å². The summed E-state index contributed by atoms with van der Waals surface area (Å²) in [5, 5.41) is 0. The van der Waals surface area contributed by atoms with Crippen molar-refractivity contribution in [2.45, 2.75) is 87.6 Å². The van der Waals surface area contributed by atoms with E-state index in [0.717, 1.165) is 44.2 Å². The molecule has 0 aliphatic heterocycles. The minimum absolute atomic E-state index is 0.0444. The fourth-order valence-electron chi connectivity index (χ4n) is 3.89. The lowest BCUT2D eigenvalue weighted by atomic mass is 9.78. The van der Waals surface area contributed by atoms with Gasteiger partial charge in [0, 0.05) is 6.92 Å². The van der Waals surface area contributed by atoms with E-state index in [9.17, 15) is 57.5 Å². The van der Waals surface area contributed by atoms with Gasteiger partial charge >= 0.3 is 41.7 Å². The van der Waals surface area contributed by atoms with Crippen LogP contribution in [0.1, 0.15) is 67.8 Å². The molecule has 2 rings (SSSR count). The molecule has 14 heteroatoms. The maximum Gasteiger partial charge on any atom is 0.473 e. The lowest BCUT2D eigenvalue weighted by Gasteiger charge is -2.39. The molecule has 0 aromatic heterocycles. The van der Waals surface area contributed by atoms with E-state index in [1.807, 2.05) is 6.92 Å². The third-order valence-electron chi connectivity index (χ3n) is 6.36. The van der Waals surface area contributed by atoms with Crippen LogP contribution in [0.4, 0.5) is 52.7 Å². The van der Waals surface area contributed by atoms with Crippen LogP contribution in [0.5, 0.6) is 0 Å². The molecule has 0 saturated heterocycles. The molecule has 1 saturated carbocycles. The number of rotatable bonds is 9. The largest absolute Gasteiger partial charge is 0.473 e. The van der Waals surface area contributed by atoms with Crippen LogP contribution in [0, 0.1) is 5.92 Å². The Hall–Kier alpha value is -2.15. The monoisotopic (exact) mass is 546 g/mol. The zero-order chi connectivity index (χ0) is 28.0. The Balaban J connectivity index is 2.24. The van der Waals surface area contributed by atoms with Gasteiger partial charge in [-0.25, -0.2) is 4.79 Å². The average Bonchev–Trinajstić information content (AvgIpc) is 2.77. The van der Waals surface area contributed by atoms with Gasteiger partial charge in [-0.1, -0.05) is 25.5 Å². The van der Waals surface area contributed by atoms with E-state index >= 15 is 0 Å². The number of hydrogen-bond donors (Lipinski definition) is 0. The fraction of sp³-hybridized carbons (Fsp3) is 0.682. The maximum atomic E-state index is 13.8. The molecule has 0 radical (unpaired) electrons. The first kappa shape index (κ1) is 30.1. The Morgan fingerprint density at radius 1 is 0.750 bits per heavy atom. The number of halogens is 12. The number of carbonyl (C=O) groups excluding carboxylic acids is 1. The van der Waals surface area contributed by atoms with Crippen molar-refractivity contribution in [2.75, 3.05) is 0 Å². The van der Waals surface area contributed by atoms with E-state index in [1.165, 1.54) is 12.1 Å². The molecule has 1 aromatic carbocycles. The smallest absolute Gasteiger partial charge is 0.392 e. The summed E-state index contributed by atoms with van der Waals surface area (Å²) in [6.07, 6.45) is -2.44. The second-order valence-corrected chi connectivity index (χ2v) is 8.84. The van der Waals surface area contributed by atoms with Crippen LogP contribution in [0.15, 0.2) is 24.3 Å². The Kier molecular flexibility index (Phi) is 8.04. The van der Waals surface area contributed by atoms with Crippen molar-refractivity contribution in [2.24, 2.45) is 5.92 Å². The minimum atomic E-state index is -7.78. The summed E-state index contributed by atoms with van der Waals surface area (Å²) in [4.78, 5) is 11.9. The summed E-state index contributed by atoms with van der Waals surface area (Å²) in [5.41, 5.74) is -0.205. The fourth-order valence-corrected chi connectivity index (χ4v) is 3.89. The molecule has 1 aliphatic carbocycles. The third kappa shape index (κ3) is 5.00. The average molecular weight is 546 g/mol. The van der Waals surface area contributed by atoms with Gasteiger partial charge in [-0.2, -0.15) is 52.7 Å². The van der Waals surface area contributed by atoms with Crippen LogP contribution in [-0.4, -0.2) is 41.7 Å². The zero-order valence-corrected chi connectivity index (χ0v) is 18.9. The highest BCUT2D eigenvalue weighted by molar-refractivity contribution is 5.89. The van der Waals surface area contributed by atoms with Gasteiger partial charge < -0.3 is 4.74 Å². The first-order chi connectivity index (χ1) is 16.1. The van der Waals surface area contributed by atoms with Crippen LogP contribution in [0.2, 0.25) is 0 Å². The van der Waals surface area contributed by atoms with Gasteiger partial charge in [-0.05, 0) is 55.2 Å². The van der Waals surface area contributed by atoms with Crippen molar-refractivity contribution >= 4 is 5.97 Å². The highest BCUT2D eigenvalue weighted by atomic mass is 19.4. The number of alkyl halides is 12. The van der Waals surface area contributed by atoms with Gasteiger partial charge in [-0.3, -0.25) is 0 Å². The summed E-state index contributed by atoms with van der Waals surface area (Å²) < 4.78 is 165. The van der Waals surface area contributed by atoms with Crippen molar-refractivity contribution in [1.29, 1.82) is 0 Å². The van der Waals surface area contributed by atoms with Crippen LogP contribution >= 0.6 is 0 Å². The molecular formula is C22H22F12O2. The molecule has 36 heavy (non-hydrogen) atoms. The summed E-state index contributed by atoms with van der Waals surface area (Å²) in [6, 6.07) is 4.24. The van der Waals surface area contributed by atoms with Crippen LogP contribution in [0.3, 0.4) is 0 Å². The highest BCUT2D eigenvalue weighted by Crippen LogP contribution is 2.60. The minimum Gasteiger partial charge on any atom is -0.392 e. The first-order valence-electron chi connectivity index (χ1n) is 10.7. The van der Waals surface area contributed by atoms with Gasteiger partial charge in [0.25, 0.3) is 0 Å². The Morgan fingerprint density at radius 2 is 1.19 bits per heavy atom. The molecular weight excluding hydrogens is 524 g/mol. The summed E-state index contributed by atoms with van der Waals surface area (Å²) in [5.74, 6) is -38.0. The number of esters is 1. The molecule has 0 bridgehead atoms. The standard InChI is InChI=1S/C22H22F12O2/c1-3-12-4-6-13(7-5-12)14-8-10-15(11-9-14)16(35)36-22(33,34)21(31,32)20(29,30)19(27,28)18(25,26)17(2,23)24/h8-13H,3-7H2,1-2H3. The number of hydrogen-bond acceptors (Lipinski definition) is 2. The molecule has 0 amide bonds. The zero-order valence-electron chi connectivity index (χ0n) is 18.9. The summed E-state index contributed by atoms with van der Waals surface area (Å²) in [7, 11) is 0. The molecule has 1 aromatic rings. The van der Waals surface area contributed by atoms with Crippen LogP contribution in [-0.2, 0) is 4.74 Å². The molecule has 1 fully saturated rings. The van der Waals surface area contributed by atoms with Gasteiger partial charge in [0.2, 0.25) is 0 Å². The second-order valence-electron chi connectivity index (χ2n) is 8.84. The maximum absolute atomic E-state index is 13.8. The van der Waals surface area contributed by atoms with E-state index in [1.54, 1.807) is 0 Å². The topological polar surface area (TPSA) is 26.3 Å². The van der Waals surface area contributed by atoms with Gasteiger partial charge in [-0.15, -0.1) is 0 Å². The summed E-state index contributed by atoms with van der Waals surface area (Å²) >= 11 is 0. The van der Waals surface area contributed by atoms with Gasteiger partial charge in [0.05, 0.1) is 5.56 Å². The van der Waals surface area contributed by atoms with Crippen molar-refractivity contribution in [1.82, 2.24) is 0 Å². The van der Waals surface area contributed by atoms with Gasteiger partial charge in [0.15, 0.2) is 0 Å². The molecule has 0 atom stereocenters. The quantitative estimate of drug-likeness (QED) is 0.230. The van der Waals surface area contributed by atoms with E-state index in [2.05, 4.69) is 4.74 Å². The lowest BCUT2D eigenvalue weighted by molar-refractivity contribution is -0.448. The number of ether oxygens (including phenoxy) is 1. The SMILES string of the molecule is CCC1CCC(c2ccc(C(=O)OC(F)(F)C(F)(F)C(F)(F)C(F)(F)C(F)(F)C(C)(F)F)cc2)CC1. The van der Waals surface area contributed by atoms with E-state index in [-0.39, 0.29) is 5.92 Å². The van der Waals surface area contributed by atoms with Crippen LogP contribution < -0.4 is 0 Å². The predicted molar refractivity (Wildman–Crippen MR) is 102 cm³/mol. The number of carbonyl (C=O) groups is 1. The highest BCUT2D eigenvalue weighted by Gasteiger charge is 2.90. The predicted octanol–water partition coefficient (Wildman–Crippen LogP) is 8.32. The molecule has 0 heterocycles. The first-order valence-corrected chi connectivity index (χ1v) is 10.7. The molecule has 2 nitrogen and oxygen atoms in total. The molecule has 1 aliphatic rings. The van der Waals surface area contributed by atoms with Crippen molar-refractivity contribution in [3.8, 4) is 0 Å². The summed E-state index contributed by atoms with van der Waals surface area (Å²) in [6.45, 7) is 1.04. The van der Waals surface area contributed by atoms with Crippen molar-refractivity contribution in [3.05, 3.63) is 35.4 Å². The van der Waals surface area contributed by atoms with Crippen LogP contribution in [0.25, 0.3) is 0 Å². The Labute approximate surface area is 198 Å². The molecule has 0 spiro atoms. The Morgan fingerprint density at radius 3 is 1.61 bits per heavy atom. The van der Waals surface area contributed by atoms with Crippen molar-refractivity contribution in [3.63, 3.8) is 0 Å². The van der Waals surface area contributed by atoms with E-state index in [0.29, 0.717) is 11.5 Å². The third-order valence-corrected chi connectivity index (χ3v) is 6.36. The second kappa shape index (κ2) is 9.62. The van der Waals surface area contributed by atoms with E-state index < -0.39 is 54.2 Å². The Bertz CT molecular complexity index is 914. The normalized spacial score (nSPS) is 20.8. The lowest BCUT2D eigenvalue weighted by Crippen LogP contribution is -2.70.